The van der Waals surface area contributed by atoms with Crippen molar-refractivity contribution in [3.8, 4) is 0 Å². The van der Waals surface area contributed by atoms with Crippen molar-refractivity contribution >= 4 is 23.2 Å². The van der Waals surface area contributed by atoms with Gasteiger partial charge in [-0.2, -0.15) is 0 Å². The van der Waals surface area contributed by atoms with Gasteiger partial charge in [0.05, 0.1) is 29.5 Å². The van der Waals surface area contributed by atoms with E-state index in [1.807, 2.05) is 37.3 Å². The van der Waals surface area contributed by atoms with Gasteiger partial charge in [-0.3, -0.25) is 9.69 Å². The largest absolute Gasteiger partial charge is 0.368 e. The number of amides is 1. The zero-order valence-corrected chi connectivity index (χ0v) is 14.4. The molecule has 0 saturated carbocycles. The summed E-state index contributed by atoms with van der Waals surface area (Å²) in [6.07, 6.45) is 0.0696. The highest BCUT2D eigenvalue weighted by atomic mass is 35.5. The highest BCUT2D eigenvalue weighted by Crippen LogP contribution is 2.25. The average molecular weight is 345 g/mol. The number of ether oxygens (including phenoxy) is 1. The molecular formula is C19H21ClN2O2. The maximum absolute atomic E-state index is 12.3. The first-order valence-electron chi connectivity index (χ1n) is 8.09. The summed E-state index contributed by atoms with van der Waals surface area (Å²) in [6.45, 7) is 3.79. The van der Waals surface area contributed by atoms with Gasteiger partial charge in [0.2, 0.25) is 5.91 Å². The maximum Gasteiger partial charge on any atom is 0.238 e. The van der Waals surface area contributed by atoms with Gasteiger partial charge in [0, 0.05) is 13.1 Å². The van der Waals surface area contributed by atoms with Crippen LogP contribution in [0.2, 0.25) is 5.02 Å². The van der Waals surface area contributed by atoms with Crippen LogP contribution in [0, 0.1) is 0 Å². The molecule has 3 rings (SSSR count). The molecule has 24 heavy (non-hydrogen) atoms. The Morgan fingerprint density at radius 2 is 1.88 bits per heavy atom. The lowest BCUT2D eigenvalue weighted by Gasteiger charge is -2.36. The number of morpholine rings is 1. The SMILES string of the molecule is CC1CN(CC(=O)Nc2ccccc2Cl)CC(c2ccccc2)O1. The second-order valence-electron chi connectivity index (χ2n) is 6.07. The lowest BCUT2D eigenvalue weighted by molar-refractivity contribution is -0.122. The molecule has 4 nitrogen and oxygen atoms in total. The highest BCUT2D eigenvalue weighted by Gasteiger charge is 2.27. The molecule has 1 heterocycles. The Labute approximate surface area is 147 Å². The van der Waals surface area contributed by atoms with Crippen molar-refractivity contribution in [2.45, 2.75) is 19.1 Å². The molecule has 2 unspecified atom stereocenters. The number of carbonyl (C=O) groups excluding carboxylic acids is 1. The van der Waals surface area contributed by atoms with Crippen LogP contribution in [0.25, 0.3) is 0 Å². The minimum absolute atomic E-state index is 0.0111. The third-order valence-corrected chi connectivity index (χ3v) is 4.35. The van der Waals surface area contributed by atoms with Gasteiger partial charge in [0.25, 0.3) is 0 Å². The highest BCUT2D eigenvalue weighted by molar-refractivity contribution is 6.33. The van der Waals surface area contributed by atoms with Crippen LogP contribution in [0.5, 0.6) is 0 Å². The van der Waals surface area contributed by atoms with E-state index in [1.165, 1.54) is 0 Å². The Morgan fingerprint density at radius 3 is 2.62 bits per heavy atom. The van der Waals surface area contributed by atoms with E-state index in [1.54, 1.807) is 12.1 Å². The van der Waals surface area contributed by atoms with E-state index in [0.29, 0.717) is 23.8 Å². The van der Waals surface area contributed by atoms with E-state index in [4.69, 9.17) is 16.3 Å². The van der Waals surface area contributed by atoms with Crippen molar-refractivity contribution in [3.63, 3.8) is 0 Å². The molecule has 1 aliphatic heterocycles. The molecule has 126 valence electrons. The number of para-hydroxylation sites is 1. The lowest BCUT2D eigenvalue weighted by Crippen LogP contribution is -2.46. The molecular weight excluding hydrogens is 324 g/mol. The van der Waals surface area contributed by atoms with Gasteiger partial charge in [-0.25, -0.2) is 0 Å². The molecule has 0 spiro atoms. The monoisotopic (exact) mass is 344 g/mol. The molecule has 0 radical (unpaired) electrons. The van der Waals surface area contributed by atoms with Gasteiger partial charge in [0.15, 0.2) is 0 Å². The van der Waals surface area contributed by atoms with E-state index < -0.39 is 0 Å². The third kappa shape index (κ3) is 4.35. The first-order chi connectivity index (χ1) is 11.6. The van der Waals surface area contributed by atoms with Crippen LogP contribution < -0.4 is 5.32 Å². The summed E-state index contributed by atoms with van der Waals surface area (Å²) in [7, 11) is 0. The van der Waals surface area contributed by atoms with Gasteiger partial charge < -0.3 is 10.1 Å². The molecule has 2 atom stereocenters. The van der Waals surface area contributed by atoms with Crippen LogP contribution in [0.1, 0.15) is 18.6 Å². The second-order valence-corrected chi connectivity index (χ2v) is 6.48. The van der Waals surface area contributed by atoms with Crippen LogP contribution >= 0.6 is 11.6 Å². The average Bonchev–Trinajstić information content (AvgIpc) is 2.57. The molecule has 1 N–H and O–H groups in total. The molecule has 1 aliphatic rings. The van der Waals surface area contributed by atoms with Crippen molar-refractivity contribution in [1.82, 2.24) is 4.90 Å². The van der Waals surface area contributed by atoms with Gasteiger partial charge in [0.1, 0.15) is 0 Å². The Balaban J connectivity index is 1.62. The van der Waals surface area contributed by atoms with Gasteiger partial charge >= 0.3 is 0 Å². The first-order valence-corrected chi connectivity index (χ1v) is 8.47. The van der Waals surface area contributed by atoms with Gasteiger partial charge in [-0.15, -0.1) is 0 Å². The number of hydrogen-bond acceptors (Lipinski definition) is 3. The van der Waals surface area contributed by atoms with E-state index in [0.717, 1.165) is 12.1 Å². The predicted octanol–water partition coefficient (Wildman–Crippen LogP) is 3.74. The van der Waals surface area contributed by atoms with Crippen molar-refractivity contribution < 1.29 is 9.53 Å². The number of nitrogens with zero attached hydrogens (tertiary/aromatic N) is 1. The Bertz CT molecular complexity index is 693. The number of nitrogens with one attached hydrogen (secondary N) is 1. The lowest BCUT2D eigenvalue weighted by atomic mass is 10.1. The molecule has 1 saturated heterocycles. The van der Waals surface area contributed by atoms with Gasteiger partial charge in [-0.05, 0) is 24.6 Å². The van der Waals surface area contributed by atoms with Crippen molar-refractivity contribution in [1.29, 1.82) is 0 Å². The molecule has 0 bridgehead atoms. The number of carbonyl (C=O) groups is 1. The van der Waals surface area contributed by atoms with E-state index in [2.05, 4.69) is 22.3 Å². The molecule has 5 heteroatoms. The van der Waals surface area contributed by atoms with Crippen LogP contribution in [0.15, 0.2) is 54.6 Å². The number of anilines is 1. The summed E-state index contributed by atoms with van der Waals surface area (Å²) >= 11 is 6.09. The fourth-order valence-corrected chi connectivity index (χ4v) is 3.16. The van der Waals surface area contributed by atoms with E-state index in [9.17, 15) is 4.79 Å². The summed E-state index contributed by atoms with van der Waals surface area (Å²) in [5.41, 5.74) is 1.78. The van der Waals surface area contributed by atoms with Crippen LogP contribution in [-0.2, 0) is 9.53 Å². The summed E-state index contributed by atoms with van der Waals surface area (Å²) in [6, 6.07) is 17.4. The minimum Gasteiger partial charge on any atom is -0.368 e. The Morgan fingerprint density at radius 1 is 1.17 bits per heavy atom. The second kappa shape index (κ2) is 7.79. The fraction of sp³-hybridized carbons (Fsp3) is 0.316. The van der Waals surface area contributed by atoms with Crippen molar-refractivity contribution in [3.05, 3.63) is 65.2 Å². The number of rotatable bonds is 4. The van der Waals surface area contributed by atoms with Crippen molar-refractivity contribution in [2.75, 3.05) is 25.0 Å². The molecule has 1 fully saturated rings. The summed E-state index contributed by atoms with van der Waals surface area (Å²) in [5, 5.41) is 3.42. The van der Waals surface area contributed by atoms with E-state index >= 15 is 0 Å². The first kappa shape index (κ1) is 17.0. The molecule has 1 amide bonds. The van der Waals surface area contributed by atoms with Crippen LogP contribution in [-0.4, -0.2) is 36.5 Å². The molecule has 2 aromatic carbocycles. The number of hydrogen-bond donors (Lipinski definition) is 1. The number of halogens is 1. The summed E-state index contributed by atoms with van der Waals surface area (Å²) in [4.78, 5) is 14.5. The van der Waals surface area contributed by atoms with Crippen LogP contribution in [0.4, 0.5) is 5.69 Å². The third-order valence-electron chi connectivity index (χ3n) is 4.02. The molecule has 0 aromatic heterocycles. The minimum atomic E-state index is -0.0657. The smallest absolute Gasteiger partial charge is 0.238 e. The van der Waals surface area contributed by atoms with Crippen LogP contribution in [0.3, 0.4) is 0 Å². The van der Waals surface area contributed by atoms with Gasteiger partial charge in [-0.1, -0.05) is 54.1 Å². The summed E-state index contributed by atoms with van der Waals surface area (Å²) in [5.74, 6) is -0.0657. The number of benzene rings is 2. The quantitative estimate of drug-likeness (QED) is 0.918. The zero-order valence-electron chi connectivity index (χ0n) is 13.6. The Hall–Kier alpha value is -1.88. The molecule has 0 aliphatic carbocycles. The normalized spacial score (nSPS) is 21.4. The topological polar surface area (TPSA) is 41.6 Å². The van der Waals surface area contributed by atoms with Crippen molar-refractivity contribution in [2.24, 2.45) is 0 Å². The standard InChI is InChI=1S/C19H21ClN2O2/c1-14-11-22(12-18(24-14)15-7-3-2-4-8-15)13-19(23)21-17-10-6-5-9-16(17)20/h2-10,14,18H,11-13H2,1H3,(H,21,23). The predicted molar refractivity (Wildman–Crippen MR) is 96.3 cm³/mol. The zero-order chi connectivity index (χ0) is 16.9. The fourth-order valence-electron chi connectivity index (χ4n) is 2.98. The maximum atomic E-state index is 12.3. The molecule has 2 aromatic rings. The summed E-state index contributed by atoms with van der Waals surface area (Å²) < 4.78 is 6.03. The Kier molecular flexibility index (Phi) is 5.51. The van der Waals surface area contributed by atoms with E-state index in [-0.39, 0.29) is 18.1 Å².